The molecular formula is C59H56IrN4OSi2-2. The standard InChI is InChI=1S/C43H35N2O.C16H21N2Si2.Ir/c1-27(2)36-24-32(30-16-9-6-10-17-30)25-37(28(3)4)41(36)45-39-21-12-11-20-38(39)44-43(45)35-19-13-18-34-33-23-22-31(26-40(33)46-42(34)35)29-14-7-5-8-15-29;1-19(2)10-11-20(3,4)16-14(19)12-17-15(18-16)13-8-6-5-7-9-13;/h5-18,20-28H,1-4H3;5-8,12H,10-11H2,1-4H3;/q2*-1;. The fraction of sp³-hybridized carbons (Fsp3) is 0.203. The van der Waals surface area contributed by atoms with Crippen LogP contribution in [0.2, 0.25) is 38.3 Å². The molecule has 1 aliphatic heterocycles. The summed E-state index contributed by atoms with van der Waals surface area (Å²) >= 11 is 0. The Kier molecular flexibility index (Phi) is 12.8. The molecule has 67 heavy (non-hydrogen) atoms. The van der Waals surface area contributed by atoms with Crippen LogP contribution in [0.15, 0.2) is 162 Å². The van der Waals surface area contributed by atoms with E-state index in [-0.39, 0.29) is 31.9 Å². The number of para-hydroxylation sites is 2. The zero-order valence-corrected chi connectivity index (χ0v) is 44.0. The molecule has 0 amide bonds. The number of hydrogen-bond acceptors (Lipinski definition) is 4. The van der Waals surface area contributed by atoms with Crippen LogP contribution in [0, 0.1) is 12.1 Å². The Labute approximate surface area is 410 Å². The van der Waals surface area contributed by atoms with Crippen LogP contribution < -0.4 is 10.5 Å². The third-order valence-electron chi connectivity index (χ3n) is 13.6. The summed E-state index contributed by atoms with van der Waals surface area (Å²) in [6.45, 7) is 18.9. The Morgan fingerprint density at radius 1 is 0.597 bits per heavy atom. The predicted molar refractivity (Wildman–Crippen MR) is 282 cm³/mol. The van der Waals surface area contributed by atoms with Crippen molar-refractivity contribution < 1.29 is 24.5 Å². The Hall–Kier alpha value is -6.03. The number of fused-ring (bicyclic) bond motifs is 5. The van der Waals surface area contributed by atoms with E-state index >= 15 is 0 Å². The third-order valence-corrected chi connectivity index (χ3v) is 20.8. The van der Waals surface area contributed by atoms with Gasteiger partial charge in [-0.3, -0.25) is 15.0 Å². The molecule has 3 aromatic heterocycles. The van der Waals surface area contributed by atoms with Gasteiger partial charge in [-0.25, -0.2) is 0 Å². The summed E-state index contributed by atoms with van der Waals surface area (Å²) in [5, 5.41) is 5.06. The molecule has 0 unspecified atom stereocenters. The fourth-order valence-corrected chi connectivity index (χ4v) is 19.5. The van der Waals surface area contributed by atoms with E-state index in [4.69, 9.17) is 14.4 Å². The Morgan fingerprint density at radius 2 is 1.24 bits per heavy atom. The molecule has 0 saturated carbocycles. The summed E-state index contributed by atoms with van der Waals surface area (Å²) in [5.74, 6) is 2.25. The Morgan fingerprint density at radius 3 is 1.91 bits per heavy atom. The van der Waals surface area contributed by atoms with Crippen molar-refractivity contribution in [1.82, 2.24) is 19.5 Å². The van der Waals surface area contributed by atoms with Crippen LogP contribution in [0.3, 0.4) is 0 Å². The first-order chi connectivity index (χ1) is 31.9. The number of rotatable bonds is 7. The molecule has 8 heteroatoms. The summed E-state index contributed by atoms with van der Waals surface area (Å²) in [6.07, 6.45) is 2.12. The van der Waals surface area contributed by atoms with E-state index in [1.165, 1.54) is 56.1 Å². The molecule has 4 heterocycles. The second kappa shape index (κ2) is 18.6. The van der Waals surface area contributed by atoms with Crippen LogP contribution in [0.5, 0.6) is 0 Å². The summed E-state index contributed by atoms with van der Waals surface area (Å²) < 4.78 is 9.10. The number of nitrogens with zero attached hydrogens (tertiary/aromatic N) is 4. The van der Waals surface area contributed by atoms with Gasteiger partial charge >= 0.3 is 0 Å². The van der Waals surface area contributed by atoms with Crippen LogP contribution in [-0.4, -0.2) is 35.7 Å². The van der Waals surface area contributed by atoms with E-state index < -0.39 is 16.1 Å². The maximum atomic E-state index is 6.73. The maximum Gasteiger partial charge on any atom is 0.121 e. The molecule has 0 atom stereocenters. The minimum absolute atomic E-state index is 0. The predicted octanol–water partition coefficient (Wildman–Crippen LogP) is 14.8. The molecule has 0 fully saturated rings. The topological polar surface area (TPSA) is 56.7 Å². The van der Waals surface area contributed by atoms with E-state index in [2.05, 4.69) is 197 Å². The quantitative estimate of drug-likeness (QED) is 0.118. The number of benzene rings is 7. The van der Waals surface area contributed by atoms with Gasteiger partial charge in [-0.2, -0.15) is 0 Å². The summed E-state index contributed by atoms with van der Waals surface area (Å²) in [5.41, 5.74) is 14.1. The van der Waals surface area contributed by atoms with Gasteiger partial charge in [0.2, 0.25) is 0 Å². The van der Waals surface area contributed by atoms with Crippen LogP contribution >= 0.6 is 0 Å². The maximum absolute atomic E-state index is 6.73. The van der Waals surface area contributed by atoms with Gasteiger partial charge in [-0.1, -0.05) is 162 Å². The van der Waals surface area contributed by atoms with Crippen molar-refractivity contribution in [2.75, 3.05) is 0 Å². The van der Waals surface area contributed by atoms with Crippen molar-refractivity contribution in [2.45, 2.75) is 77.8 Å². The van der Waals surface area contributed by atoms with E-state index in [1.807, 2.05) is 36.4 Å². The van der Waals surface area contributed by atoms with Crippen LogP contribution in [0.1, 0.15) is 50.7 Å². The first kappa shape index (κ1) is 46.1. The van der Waals surface area contributed by atoms with E-state index in [9.17, 15) is 0 Å². The molecule has 0 saturated heterocycles. The number of aromatic nitrogens is 4. The molecule has 11 rings (SSSR count). The average molecular weight is 1090 g/mol. The summed E-state index contributed by atoms with van der Waals surface area (Å²) in [7, 11) is -2.72. The summed E-state index contributed by atoms with van der Waals surface area (Å²) in [4.78, 5) is 14.9. The van der Waals surface area contributed by atoms with Crippen molar-refractivity contribution in [2.24, 2.45) is 0 Å². The molecule has 0 spiro atoms. The second-order valence-electron chi connectivity index (χ2n) is 19.7. The molecule has 10 aromatic rings. The molecule has 337 valence electrons. The smallest absolute Gasteiger partial charge is 0.121 e. The van der Waals surface area contributed by atoms with Gasteiger partial charge in [0.15, 0.2) is 0 Å². The Balaban J connectivity index is 0.000000224. The molecule has 5 nitrogen and oxygen atoms in total. The van der Waals surface area contributed by atoms with Gasteiger partial charge in [0.25, 0.3) is 0 Å². The first-order valence-corrected chi connectivity index (χ1v) is 29.8. The van der Waals surface area contributed by atoms with Gasteiger partial charge in [-0.15, -0.1) is 54.1 Å². The molecular weight excluding hydrogens is 1030 g/mol. The van der Waals surface area contributed by atoms with Crippen LogP contribution in [0.4, 0.5) is 0 Å². The van der Waals surface area contributed by atoms with Gasteiger partial charge in [-0.05, 0) is 80.7 Å². The molecule has 0 N–H and O–H groups in total. The van der Waals surface area contributed by atoms with Gasteiger partial charge < -0.3 is 8.98 Å². The molecule has 0 bridgehead atoms. The van der Waals surface area contributed by atoms with Crippen LogP contribution in [-0.2, 0) is 20.1 Å². The largest absolute Gasteiger partial charge is 0.501 e. The number of furan rings is 1. The zero-order valence-electron chi connectivity index (χ0n) is 39.6. The van der Waals surface area contributed by atoms with Gasteiger partial charge in [0.05, 0.1) is 36.3 Å². The minimum Gasteiger partial charge on any atom is -0.501 e. The number of hydrogen-bond donors (Lipinski definition) is 0. The fourth-order valence-electron chi connectivity index (χ4n) is 9.69. The normalized spacial score (nSPS) is 13.9. The SMILES string of the molecule is CC(C)c1cc(-c2ccccc2)cc(C(C)C)c1-n1c(-c2[c-]ccc3c2oc2cc(-c4ccccc4)ccc23)nc2ccccc21.C[Si]1(C)CC[Si](C)(C)c2nc(-c3[c-]cccc3)ncc21.[Ir]. The van der Waals surface area contributed by atoms with Gasteiger partial charge in [0, 0.05) is 42.7 Å². The average Bonchev–Trinajstić information content (AvgIpc) is 3.92. The van der Waals surface area contributed by atoms with E-state index in [0.717, 1.165) is 61.3 Å². The Bertz CT molecular complexity index is 3350. The molecule has 7 aromatic carbocycles. The number of imidazole rings is 1. The van der Waals surface area contributed by atoms with Crippen molar-refractivity contribution in [3.63, 3.8) is 0 Å². The van der Waals surface area contributed by atoms with Crippen molar-refractivity contribution in [3.8, 4) is 50.7 Å². The van der Waals surface area contributed by atoms with E-state index in [1.54, 1.807) is 0 Å². The molecule has 1 aliphatic rings. The molecule has 0 aliphatic carbocycles. The second-order valence-corrected chi connectivity index (χ2v) is 29.3. The minimum atomic E-state index is -1.39. The van der Waals surface area contributed by atoms with Crippen molar-refractivity contribution >= 4 is 59.6 Å². The van der Waals surface area contributed by atoms with E-state index in [0.29, 0.717) is 0 Å². The first-order valence-electron chi connectivity index (χ1n) is 23.4. The monoisotopic (exact) mass is 1090 g/mol. The van der Waals surface area contributed by atoms with Crippen LogP contribution in [0.25, 0.3) is 83.7 Å². The van der Waals surface area contributed by atoms with Crippen molar-refractivity contribution in [1.29, 1.82) is 0 Å². The molecule has 1 radical (unpaired) electrons. The summed E-state index contributed by atoms with van der Waals surface area (Å²) in [6, 6.07) is 62.5. The third kappa shape index (κ3) is 8.73. The van der Waals surface area contributed by atoms with Crippen molar-refractivity contribution in [3.05, 3.63) is 181 Å². The van der Waals surface area contributed by atoms with Gasteiger partial charge in [0.1, 0.15) is 13.7 Å². The zero-order chi connectivity index (χ0) is 45.7.